The van der Waals surface area contributed by atoms with E-state index in [4.69, 9.17) is 25.8 Å². The molecular weight excluding hydrogens is 318 g/mol. The molecule has 1 heterocycles. The summed E-state index contributed by atoms with van der Waals surface area (Å²) in [5.74, 6) is 0.532. The van der Waals surface area contributed by atoms with E-state index in [1.165, 1.54) is 0 Å². The van der Waals surface area contributed by atoms with Gasteiger partial charge < -0.3 is 19.1 Å². The van der Waals surface area contributed by atoms with E-state index in [1.807, 2.05) is 11.8 Å². The molecule has 6 heteroatoms. The predicted octanol–water partition coefficient (Wildman–Crippen LogP) is 2.76. The largest absolute Gasteiger partial charge is 0.497 e. The van der Waals surface area contributed by atoms with Crippen LogP contribution in [0.25, 0.3) is 0 Å². The van der Waals surface area contributed by atoms with Crippen LogP contribution in [0.5, 0.6) is 5.75 Å². The second-order valence-electron chi connectivity index (χ2n) is 5.82. The van der Waals surface area contributed by atoms with E-state index >= 15 is 0 Å². The Morgan fingerprint density at radius 2 is 2.26 bits per heavy atom. The smallest absolute Gasteiger partial charge is 0.255 e. The van der Waals surface area contributed by atoms with Gasteiger partial charge >= 0.3 is 0 Å². The molecule has 1 saturated heterocycles. The molecule has 0 radical (unpaired) electrons. The van der Waals surface area contributed by atoms with Crippen molar-refractivity contribution in [2.24, 2.45) is 0 Å². The van der Waals surface area contributed by atoms with Gasteiger partial charge in [-0.05, 0) is 38.0 Å². The van der Waals surface area contributed by atoms with Crippen LogP contribution in [-0.4, -0.2) is 55.9 Å². The quantitative estimate of drug-likeness (QED) is 0.846. The van der Waals surface area contributed by atoms with Crippen molar-refractivity contribution < 1.29 is 19.0 Å². The van der Waals surface area contributed by atoms with E-state index in [9.17, 15) is 4.79 Å². The number of methoxy groups -OCH3 is 1. The lowest BCUT2D eigenvalue weighted by Crippen LogP contribution is -2.46. The molecule has 1 aliphatic heterocycles. The Morgan fingerprint density at radius 3 is 3.00 bits per heavy atom. The Bertz CT molecular complexity index is 580. The molecule has 2 aliphatic rings. The fourth-order valence-electron chi connectivity index (χ4n) is 3.50. The minimum absolute atomic E-state index is 0.0391. The van der Waals surface area contributed by atoms with Crippen LogP contribution in [0, 0.1) is 0 Å². The van der Waals surface area contributed by atoms with E-state index in [0.717, 1.165) is 12.8 Å². The maximum Gasteiger partial charge on any atom is 0.255 e. The van der Waals surface area contributed by atoms with Crippen LogP contribution in [0.1, 0.15) is 30.1 Å². The zero-order valence-corrected chi connectivity index (χ0v) is 14.2. The van der Waals surface area contributed by atoms with Gasteiger partial charge in [0.05, 0.1) is 36.4 Å². The molecular formula is C17H22ClNO4. The highest BCUT2D eigenvalue weighted by molar-refractivity contribution is 6.33. The molecule has 3 atom stereocenters. The SMILES string of the molecule is CCOC1C2CCC1N(C(=O)c1cc(OC)ccc1Cl)CCO2. The molecule has 0 N–H and O–H groups in total. The van der Waals surface area contributed by atoms with Gasteiger partial charge in [-0.2, -0.15) is 0 Å². The van der Waals surface area contributed by atoms with Gasteiger partial charge in [0.15, 0.2) is 0 Å². The van der Waals surface area contributed by atoms with Crippen molar-refractivity contribution in [1.82, 2.24) is 4.90 Å². The topological polar surface area (TPSA) is 48.0 Å². The van der Waals surface area contributed by atoms with Gasteiger partial charge in [0.2, 0.25) is 0 Å². The number of halogens is 1. The van der Waals surface area contributed by atoms with Crippen molar-refractivity contribution in [1.29, 1.82) is 0 Å². The minimum Gasteiger partial charge on any atom is -0.497 e. The lowest BCUT2D eigenvalue weighted by atomic mass is 10.1. The van der Waals surface area contributed by atoms with Crippen molar-refractivity contribution in [2.45, 2.75) is 38.0 Å². The predicted molar refractivity (Wildman–Crippen MR) is 87.2 cm³/mol. The zero-order chi connectivity index (χ0) is 16.4. The van der Waals surface area contributed by atoms with Crippen LogP contribution in [-0.2, 0) is 9.47 Å². The molecule has 1 saturated carbocycles. The first kappa shape index (κ1) is 16.6. The highest BCUT2D eigenvalue weighted by Crippen LogP contribution is 2.34. The first-order valence-electron chi connectivity index (χ1n) is 8.03. The standard InChI is InChI=1S/C17H22ClNO4/c1-3-22-16-14-6-7-15(16)23-9-8-19(14)17(20)12-10-11(21-2)4-5-13(12)18/h4-5,10,14-16H,3,6-9H2,1-2H3. The number of rotatable bonds is 4. The Morgan fingerprint density at radius 1 is 1.43 bits per heavy atom. The molecule has 1 aromatic carbocycles. The summed E-state index contributed by atoms with van der Waals surface area (Å²) < 4.78 is 17.0. The van der Waals surface area contributed by atoms with Crippen LogP contribution in [0.3, 0.4) is 0 Å². The zero-order valence-electron chi connectivity index (χ0n) is 13.5. The number of hydrogen-bond donors (Lipinski definition) is 0. The number of amides is 1. The van der Waals surface area contributed by atoms with Crippen LogP contribution in [0.15, 0.2) is 18.2 Å². The maximum atomic E-state index is 13.1. The monoisotopic (exact) mass is 339 g/mol. The Labute approximate surface area is 141 Å². The number of carbonyl (C=O) groups excluding carboxylic acids is 1. The molecule has 126 valence electrons. The molecule has 0 aromatic heterocycles. The van der Waals surface area contributed by atoms with Crippen LogP contribution in [0.2, 0.25) is 5.02 Å². The number of hydrogen-bond acceptors (Lipinski definition) is 4. The number of carbonyl (C=O) groups is 1. The van der Waals surface area contributed by atoms with Crippen LogP contribution >= 0.6 is 11.6 Å². The summed E-state index contributed by atoms with van der Waals surface area (Å²) in [6, 6.07) is 5.18. The van der Waals surface area contributed by atoms with Gasteiger partial charge in [0.1, 0.15) is 11.9 Å². The molecule has 2 fully saturated rings. The van der Waals surface area contributed by atoms with Crippen LogP contribution < -0.4 is 4.74 Å². The van der Waals surface area contributed by atoms with Crippen molar-refractivity contribution in [3.63, 3.8) is 0 Å². The summed E-state index contributed by atoms with van der Waals surface area (Å²) >= 11 is 6.24. The fraction of sp³-hybridized carbons (Fsp3) is 0.588. The van der Waals surface area contributed by atoms with Crippen molar-refractivity contribution >= 4 is 17.5 Å². The van der Waals surface area contributed by atoms with Gasteiger partial charge in [-0.3, -0.25) is 4.79 Å². The number of nitrogens with zero attached hydrogens (tertiary/aromatic N) is 1. The van der Waals surface area contributed by atoms with Crippen molar-refractivity contribution in [3.8, 4) is 5.75 Å². The van der Waals surface area contributed by atoms with Gasteiger partial charge in [0, 0.05) is 13.2 Å². The van der Waals surface area contributed by atoms with Gasteiger partial charge in [-0.25, -0.2) is 0 Å². The third-order valence-electron chi connectivity index (χ3n) is 4.58. The summed E-state index contributed by atoms with van der Waals surface area (Å²) in [6.07, 6.45) is 1.84. The fourth-order valence-corrected chi connectivity index (χ4v) is 3.70. The Kier molecular flexibility index (Phi) is 5.09. The van der Waals surface area contributed by atoms with E-state index in [1.54, 1.807) is 25.3 Å². The summed E-state index contributed by atoms with van der Waals surface area (Å²) in [5, 5.41) is 0.434. The molecule has 2 bridgehead atoms. The van der Waals surface area contributed by atoms with Gasteiger partial charge in [-0.1, -0.05) is 11.6 Å². The average Bonchev–Trinajstić information content (AvgIpc) is 2.83. The molecule has 1 aromatic rings. The first-order valence-corrected chi connectivity index (χ1v) is 8.41. The first-order chi connectivity index (χ1) is 11.2. The number of fused-ring (bicyclic) bond motifs is 2. The van der Waals surface area contributed by atoms with E-state index in [0.29, 0.717) is 36.1 Å². The molecule has 1 amide bonds. The second kappa shape index (κ2) is 7.07. The number of benzene rings is 1. The summed E-state index contributed by atoms with van der Waals surface area (Å²) in [4.78, 5) is 14.9. The molecule has 1 aliphatic carbocycles. The van der Waals surface area contributed by atoms with Crippen molar-refractivity contribution in [3.05, 3.63) is 28.8 Å². The Balaban J connectivity index is 1.89. The highest BCUT2D eigenvalue weighted by Gasteiger charge is 2.44. The average molecular weight is 340 g/mol. The lowest BCUT2D eigenvalue weighted by Gasteiger charge is -2.31. The second-order valence-corrected chi connectivity index (χ2v) is 6.23. The molecule has 3 rings (SSSR count). The molecule has 23 heavy (non-hydrogen) atoms. The van der Waals surface area contributed by atoms with E-state index in [2.05, 4.69) is 0 Å². The van der Waals surface area contributed by atoms with E-state index in [-0.39, 0.29) is 24.2 Å². The Hall–Kier alpha value is -1.30. The van der Waals surface area contributed by atoms with Gasteiger partial charge in [-0.15, -0.1) is 0 Å². The summed E-state index contributed by atoms with van der Waals surface area (Å²) in [7, 11) is 1.57. The maximum absolute atomic E-state index is 13.1. The summed E-state index contributed by atoms with van der Waals surface area (Å²) in [6.45, 7) is 3.66. The van der Waals surface area contributed by atoms with Crippen molar-refractivity contribution in [2.75, 3.05) is 26.9 Å². The van der Waals surface area contributed by atoms with E-state index < -0.39 is 0 Å². The molecule has 3 unspecified atom stereocenters. The van der Waals surface area contributed by atoms with Crippen LogP contribution in [0.4, 0.5) is 0 Å². The third kappa shape index (κ3) is 3.18. The van der Waals surface area contributed by atoms with Gasteiger partial charge in [0.25, 0.3) is 5.91 Å². The summed E-state index contributed by atoms with van der Waals surface area (Å²) in [5.41, 5.74) is 0.464. The number of ether oxygens (including phenoxy) is 3. The molecule has 0 spiro atoms. The minimum atomic E-state index is -0.0882. The lowest BCUT2D eigenvalue weighted by molar-refractivity contribution is -0.0484. The molecule has 5 nitrogen and oxygen atoms in total. The normalized spacial score (nSPS) is 26.9. The third-order valence-corrected chi connectivity index (χ3v) is 4.91. The highest BCUT2D eigenvalue weighted by atomic mass is 35.5.